The van der Waals surface area contributed by atoms with Gasteiger partial charge in [0.2, 0.25) is 5.89 Å². The first-order valence-corrected chi connectivity index (χ1v) is 7.87. The zero-order chi connectivity index (χ0) is 14.4. The number of aromatic nitrogens is 2. The van der Waals surface area contributed by atoms with E-state index in [0.717, 1.165) is 19.6 Å². The molecule has 1 N–H and O–H groups in total. The van der Waals surface area contributed by atoms with Crippen molar-refractivity contribution in [1.29, 1.82) is 0 Å². The summed E-state index contributed by atoms with van der Waals surface area (Å²) in [7, 11) is 0. The van der Waals surface area contributed by atoms with Gasteiger partial charge in [-0.3, -0.25) is 0 Å². The summed E-state index contributed by atoms with van der Waals surface area (Å²) >= 11 is 1.74. The lowest BCUT2D eigenvalue weighted by Crippen LogP contribution is -2.21. The van der Waals surface area contributed by atoms with Gasteiger partial charge in [-0.25, -0.2) is 0 Å². The minimum absolute atomic E-state index is 0.599. The largest absolute Gasteiger partial charge is 0.407 e. The van der Waals surface area contributed by atoms with E-state index in [9.17, 15) is 0 Å². The second-order valence-electron chi connectivity index (χ2n) is 5.10. The first-order chi connectivity index (χ1) is 9.69. The summed E-state index contributed by atoms with van der Waals surface area (Å²) in [6.07, 6.45) is 0. The molecule has 0 atom stereocenters. The summed E-state index contributed by atoms with van der Waals surface area (Å²) in [6.45, 7) is 9.67. The predicted molar refractivity (Wildman–Crippen MR) is 81.9 cm³/mol. The van der Waals surface area contributed by atoms with Gasteiger partial charge in [-0.1, -0.05) is 25.0 Å². The zero-order valence-electron chi connectivity index (χ0n) is 12.3. The van der Waals surface area contributed by atoms with Crippen LogP contribution in [0.1, 0.15) is 31.5 Å². The Balaban J connectivity index is 1.92. The van der Waals surface area contributed by atoms with Crippen LogP contribution in [0.5, 0.6) is 0 Å². The molecule has 110 valence electrons. The summed E-state index contributed by atoms with van der Waals surface area (Å²) in [4.78, 5) is 3.38. The number of thiophene rings is 1. The quantitative estimate of drug-likeness (QED) is 0.811. The minimum Gasteiger partial charge on any atom is -0.407 e. The molecule has 0 fully saturated rings. The van der Waals surface area contributed by atoms with Crippen molar-refractivity contribution < 1.29 is 4.42 Å². The van der Waals surface area contributed by atoms with Gasteiger partial charge in [0.05, 0.1) is 13.1 Å². The van der Waals surface area contributed by atoms with Crippen molar-refractivity contribution in [3.8, 4) is 0 Å². The van der Waals surface area contributed by atoms with Gasteiger partial charge in [-0.05, 0) is 30.8 Å². The Morgan fingerprint density at radius 2 is 2.25 bits per heavy atom. The molecule has 0 aliphatic heterocycles. The van der Waals surface area contributed by atoms with Crippen LogP contribution in [0.25, 0.3) is 0 Å². The molecule has 0 bridgehead atoms. The fourth-order valence-corrected chi connectivity index (χ4v) is 2.54. The summed E-state index contributed by atoms with van der Waals surface area (Å²) < 4.78 is 5.71. The van der Waals surface area contributed by atoms with Crippen molar-refractivity contribution in [2.75, 3.05) is 18.0 Å². The molecule has 0 saturated carbocycles. The molecule has 2 aromatic heterocycles. The van der Waals surface area contributed by atoms with Gasteiger partial charge >= 0.3 is 6.01 Å². The molecule has 0 radical (unpaired) electrons. The van der Waals surface area contributed by atoms with Crippen LogP contribution in [-0.4, -0.2) is 23.3 Å². The fourth-order valence-electron chi connectivity index (χ4n) is 1.82. The van der Waals surface area contributed by atoms with E-state index in [1.807, 2.05) is 0 Å². The van der Waals surface area contributed by atoms with E-state index in [4.69, 9.17) is 4.42 Å². The van der Waals surface area contributed by atoms with Crippen LogP contribution in [-0.2, 0) is 13.1 Å². The Morgan fingerprint density at radius 1 is 1.40 bits per heavy atom. The molecule has 2 heterocycles. The van der Waals surface area contributed by atoms with E-state index in [2.05, 4.69) is 58.7 Å². The SMILES string of the molecule is CCN(Cc1cccs1)c1nnc(CNCC(C)C)o1. The van der Waals surface area contributed by atoms with Crippen LogP contribution in [0, 0.1) is 5.92 Å². The van der Waals surface area contributed by atoms with E-state index in [-0.39, 0.29) is 0 Å². The number of nitrogens with zero attached hydrogens (tertiary/aromatic N) is 3. The normalized spacial score (nSPS) is 11.2. The number of nitrogens with one attached hydrogen (secondary N) is 1. The van der Waals surface area contributed by atoms with Gasteiger partial charge in [0.1, 0.15) is 0 Å². The molecule has 2 rings (SSSR count). The smallest absolute Gasteiger partial charge is 0.318 e. The van der Waals surface area contributed by atoms with Gasteiger partial charge < -0.3 is 14.6 Å². The third-order valence-corrected chi connectivity index (χ3v) is 3.73. The zero-order valence-corrected chi connectivity index (χ0v) is 13.1. The van der Waals surface area contributed by atoms with Crippen molar-refractivity contribution >= 4 is 17.4 Å². The molecule has 20 heavy (non-hydrogen) atoms. The van der Waals surface area contributed by atoms with Crippen molar-refractivity contribution in [2.45, 2.75) is 33.9 Å². The van der Waals surface area contributed by atoms with E-state index in [0.29, 0.717) is 24.4 Å². The van der Waals surface area contributed by atoms with Crippen LogP contribution in [0.4, 0.5) is 6.01 Å². The van der Waals surface area contributed by atoms with Crippen molar-refractivity contribution in [3.05, 3.63) is 28.3 Å². The third-order valence-electron chi connectivity index (χ3n) is 2.86. The van der Waals surface area contributed by atoms with Crippen molar-refractivity contribution in [3.63, 3.8) is 0 Å². The minimum atomic E-state index is 0.599. The third kappa shape index (κ3) is 4.31. The van der Waals surface area contributed by atoms with Crippen LogP contribution in [0.15, 0.2) is 21.9 Å². The molecule has 6 heteroatoms. The topological polar surface area (TPSA) is 54.2 Å². The summed E-state index contributed by atoms with van der Waals surface area (Å²) in [5.74, 6) is 1.26. The van der Waals surface area contributed by atoms with Gasteiger partial charge in [-0.2, -0.15) is 0 Å². The van der Waals surface area contributed by atoms with Gasteiger partial charge in [0, 0.05) is 11.4 Å². The molecular weight excluding hydrogens is 272 g/mol. The Kier molecular flexibility index (Phi) is 5.55. The maximum Gasteiger partial charge on any atom is 0.318 e. The lowest BCUT2D eigenvalue weighted by molar-refractivity contribution is 0.447. The highest BCUT2D eigenvalue weighted by molar-refractivity contribution is 7.09. The average molecular weight is 294 g/mol. The van der Waals surface area contributed by atoms with E-state index in [1.165, 1.54) is 4.88 Å². The van der Waals surface area contributed by atoms with Crippen molar-refractivity contribution in [2.24, 2.45) is 5.92 Å². The number of hydrogen-bond acceptors (Lipinski definition) is 6. The van der Waals surface area contributed by atoms with E-state index < -0.39 is 0 Å². The molecule has 2 aromatic rings. The lowest BCUT2D eigenvalue weighted by Gasteiger charge is -2.16. The molecule has 0 amide bonds. The van der Waals surface area contributed by atoms with Crippen LogP contribution < -0.4 is 10.2 Å². The summed E-state index contributed by atoms with van der Waals surface area (Å²) in [6, 6.07) is 4.78. The number of hydrogen-bond donors (Lipinski definition) is 1. The average Bonchev–Trinajstić information content (AvgIpc) is 3.06. The second-order valence-corrected chi connectivity index (χ2v) is 6.13. The Morgan fingerprint density at radius 3 is 2.90 bits per heavy atom. The molecule has 0 unspecified atom stereocenters. The van der Waals surface area contributed by atoms with Crippen LogP contribution in [0.2, 0.25) is 0 Å². The molecule has 0 saturated heterocycles. The number of rotatable bonds is 8. The molecule has 0 aromatic carbocycles. The van der Waals surface area contributed by atoms with E-state index >= 15 is 0 Å². The first-order valence-electron chi connectivity index (χ1n) is 6.99. The van der Waals surface area contributed by atoms with Gasteiger partial charge in [-0.15, -0.1) is 16.4 Å². The van der Waals surface area contributed by atoms with Crippen LogP contribution >= 0.6 is 11.3 Å². The summed E-state index contributed by atoms with van der Waals surface area (Å²) in [5.41, 5.74) is 0. The maximum atomic E-state index is 5.71. The standard InChI is InChI=1S/C14H22N4OS/c1-4-18(10-12-6-5-7-20-12)14-17-16-13(19-14)9-15-8-11(2)3/h5-7,11,15H,4,8-10H2,1-3H3. The fraction of sp³-hybridized carbons (Fsp3) is 0.571. The molecule has 0 spiro atoms. The Hall–Kier alpha value is -1.40. The highest BCUT2D eigenvalue weighted by atomic mass is 32.1. The number of anilines is 1. The van der Waals surface area contributed by atoms with Gasteiger partial charge in [0.15, 0.2) is 0 Å². The molecule has 0 aliphatic rings. The Labute approximate surface area is 124 Å². The molecule has 0 aliphatic carbocycles. The highest BCUT2D eigenvalue weighted by Gasteiger charge is 2.13. The monoisotopic (exact) mass is 294 g/mol. The lowest BCUT2D eigenvalue weighted by atomic mass is 10.2. The Bertz CT molecular complexity index is 495. The second kappa shape index (κ2) is 7.40. The maximum absolute atomic E-state index is 5.71. The van der Waals surface area contributed by atoms with Gasteiger partial charge in [0.25, 0.3) is 0 Å². The predicted octanol–water partition coefficient (Wildman–Crippen LogP) is 2.90. The molecule has 5 nitrogen and oxygen atoms in total. The van der Waals surface area contributed by atoms with Crippen molar-refractivity contribution in [1.82, 2.24) is 15.5 Å². The summed E-state index contributed by atoms with van der Waals surface area (Å²) in [5, 5.41) is 13.6. The molecular formula is C14H22N4OS. The van der Waals surface area contributed by atoms with E-state index in [1.54, 1.807) is 11.3 Å². The highest BCUT2D eigenvalue weighted by Crippen LogP contribution is 2.18. The van der Waals surface area contributed by atoms with Crippen LogP contribution in [0.3, 0.4) is 0 Å². The first kappa shape index (κ1) is 15.0.